The Kier molecular flexibility index (Phi) is 8.61. The van der Waals surface area contributed by atoms with Crippen LogP contribution < -0.4 is 16.2 Å². The third-order valence-corrected chi connectivity index (χ3v) is 4.93. The number of benzene rings is 1. The van der Waals surface area contributed by atoms with Crippen LogP contribution in [0.5, 0.6) is 0 Å². The Morgan fingerprint density at radius 2 is 1.81 bits per heavy atom. The van der Waals surface area contributed by atoms with Crippen LogP contribution in [-0.4, -0.2) is 43.5 Å². The van der Waals surface area contributed by atoms with Gasteiger partial charge in [-0.2, -0.15) is 0 Å². The summed E-state index contributed by atoms with van der Waals surface area (Å²) >= 11 is 0. The average Bonchev–Trinajstić information content (AvgIpc) is 2.73. The first-order valence-electron chi connectivity index (χ1n) is 11.7. The Morgan fingerprint density at radius 1 is 1.17 bits per heavy atom. The summed E-state index contributed by atoms with van der Waals surface area (Å²) in [5.41, 5.74) is -1.86. The van der Waals surface area contributed by atoms with Crippen LogP contribution in [0.3, 0.4) is 0 Å². The number of nitrogens with one attached hydrogen (secondary N) is 2. The molecule has 0 aliphatic carbocycles. The first kappa shape index (κ1) is 28.5. The number of nitrogens with zero attached hydrogens (tertiary/aromatic N) is 3. The number of nitro groups is 1. The van der Waals surface area contributed by atoms with Crippen LogP contribution in [0.25, 0.3) is 11.3 Å². The van der Waals surface area contributed by atoms with Gasteiger partial charge in [0.05, 0.1) is 16.8 Å². The van der Waals surface area contributed by atoms with Gasteiger partial charge in [0, 0.05) is 34.8 Å². The van der Waals surface area contributed by atoms with Crippen molar-refractivity contribution in [3.63, 3.8) is 0 Å². The van der Waals surface area contributed by atoms with Gasteiger partial charge in [-0.1, -0.05) is 6.92 Å². The molecule has 11 nitrogen and oxygen atoms in total. The molecule has 0 radical (unpaired) electrons. The summed E-state index contributed by atoms with van der Waals surface area (Å²) in [5.74, 6) is -1.15. The van der Waals surface area contributed by atoms with Crippen LogP contribution in [0.2, 0.25) is 0 Å². The summed E-state index contributed by atoms with van der Waals surface area (Å²) < 4.78 is 6.54. The molecule has 1 atom stereocenters. The van der Waals surface area contributed by atoms with Gasteiger partial charge in [0.2, 0.25) is 0 Å². The molecule has 1 heterocycles. The summed E-state index contributed by atoms with van der Waals surface area (Å²) in [6.45, 7) is 13.9. The van der Waals surface area contributed by atoms with E-state index < -0.39 is 40.0 Å². The molecule has 1 amide bonds. The molecule has 0 spiro atoms. The summed E-state index contributed by atoms with van der Waals surface area (Å²) in [6, 6.07) is 3.69. The normalized spacial score (nSPS) is 12.6. The van der Waals surface area contributed by atoms with Crippen molar-refractivity contribution in [1.29, 1.82) is 0 Å². The second-order valence-electron chi connectivity index (χ2n) is 10.7. The summed E-state index contributed by atoms with van der Waals surface area (Å²) in [4.78, 5) is 54.1. The number of anilines is 1. The number of hydrogen-bond acceptors (Lipinski definition) is 8. The summed E-state index contributed by atoms with van der Waals surface area (Å²) in [5, 5.41) is 17.4. The number of ether oxygens (including phenoxy) is 1. The van der Waals surface area contributed by atoms with E-state index in [1.54, 1.807) is 20.8 Å². The van der Waals surface area contributed by atoms with Crippen LogP contribution >= 0.6 is 0 Å². The van der Waals surface area contributed by atoms with Crippen molar-refractivity contribution in [2.24, 2.45) is 0 Å². The number of amides is 1. The lowest BCUT2D eigenvalue weighted by Crippen LogP contribution is -2.36. The Labute approximate surface area is 210 Å². The van der Waals surface area contributed by atoms with Crippen LogP contribution in [0.15, 0.2) is 29.2 Å². The minimum Gasteiger partial charge on any atom is -0.459 e. The molecule has 11 heteroatoms. The molecule has 196 valence electrons. The zero-order chi connectivity index (χ0) is 27.4. The SMILES string of the molecule is CC[C@@H](C)NC(=O)c1cc(-c2cnc(NC(C)(C)C)c(=O)n2CC(=O)OC(C)(C)C)cc([N+](=O)[O-])c1. The van der Waals surface area contributed by atoms with E-state index in [-0.39, 0.29) is 34.4 Å². The maximum absolute atomic E-state index is 13.4. The molecule has 0 saturated carbocycles. The number of carbonyl (C=O) groups excluding carboxylic acids is 2. The molecule has 2 N–H and O–H groups in total. The van der Waals surface area contributed by atoms with Crippen molar-refractivity contribution < 1.29 is 19.2 Å². The zero-order valence-corrected chi connectivity index (χ0v) is 22.1. The van der Waals surface area contributed by atoms with Gasteiger partial charge in [-0.3, -0.25) is 29.1 Å². The smallest absolute Gasteiger partial charge is 0.326 e. The van der Waals surface area contributed by atoms with E-state index in [1.807, 2.05) is 34.6 Å². The minimum absolute atomic E-state index is 0.00924. The molecular formula is C25H35N5O6. The maximum atomic E-state index is 13.4. The lowest BCUT2D eigenvalue weighted by Gasteiger charge is -2.23. The molecule has 1 aromatic carbocycles. The lowest BCUT2D eigenvalue weighted by molar-refractivity contribution is -0.384. The number of carbonyl (C=O) groups is 2. The van der Waals surface area contributed by atoms with Crippen molar-refractivity contribution >= 4 is 23.4 Å². The van der Waals surface area contributed by atoms with Crippen LogP contribution in [-0.2, 0) is 16.1 Å². The van der Waals surface area contributed by atoms with E-state index in [0.29, 0.717) is 6.42 Å². The van der Waals surface area contributed by atoms with Gasteiger partial charge in [-0.15, -0.1) is 0 Å². The van der Waals surface area contributed by atoms with Gasteiger partial charge >= 0.3 is 5.97 Å². The first-order chi connectivity index (χ1) is 16.5. The van der Waals surface area contributed by atoms with E-state index in [4.69, 9.17) is 4.74 Å². The molecule has 36 heavy (non-hydrogen) atoms. The number of rotatable bonds is 8. The highest BCUT2D eigenvalue weighted by atomic mass is 16.6. The monoisotopic (exact) mass is 501 g/mol. The van der Waals surface area contributed by atoms with Gasteiger partial charge in [-0.05, 0) is 61.0 Å². The molecule has 1 aromatic heterocycles. The fourth-order valence-electron chi connectivity index (χ4n) is 3.22. The fraction of sp³-hybridized carbons (Fsp3) is 0.520. The molecule has 0 unspecified atom stereocenters. The fourth-order valence-corrected chi connectivity index (χ4v) is 3.22. The van der Waals surface area contributed by atoms with E-state index >= 15 is 0 Å². The third kappa shape index (κ3) is 7.89. The van der Waals surface area contributed by atoms with Crippen molar-refractivity contribution in [3.8, 4) is 11.3 Å². The lowest BCUT2D eigenvalue weighted by atomic mass is 10.1. The maximum Gasteiger partial charge on any atom is 0.326 e. The molecule has 0 aliphatic heterocycles. The number of aromatic nitrogens is 2. The van der Waals surface area contributed by atoms with Gasteiger partial charge < -0.3 is 15.4 Å². The van der Waals surface area contributed by atoms with Crippen LogP contribution in [0.4, 0.5) is 11.5 Å². The molecule has 2 aromatic rings. The second-order valence-corrected chi connectivity index (χ2v) is 10.7. The molecule has 0 saturated heterocycles. The molecular weight excluding hydrogens is 466 g/mol. The predicted molar refractivity (Wildman–Crippen MR) is 137 cm³/mol. The highest BCUT2D eigenvalue weighted by Gasteiger charge is 2.24. The van der Waals surface area contributed by atoms with Crippen LogP contribution in [0.1, 0.15) is 72.2 Å². The van der Waals surface area contributed by atoms with E-state index in [9.17, 15) is 24.5 Å². The quantitative estimate of drug-likeness (QED) is 0.315. The van der Waals surface area contributed by atoms with Crippen molar-refractivity contribution in [2.75, 3.05) is 5.32 Å². The van der Waals surface area contributed by atoms with Crippen molar-refractivity contribution in [2.45, 2.75) is 85.5 Å². The average molecular weight is 502 g/mol. The van der Waals surface area contributed by atoms with Gasteiger partial charge in [-0.25, -0.2) is 4.98 Å². The van der Waals surface area contributed by atoms with Gasteiger partial charge in [0.25, 0.3) is 17.2 Å². The highest BCUT2D eigenvalue weighted by Crippen LogP contribution is 2.26. The highest BCUT2D eigenvalue weighted by molar-refractivity contribution is 5.96. The Hall–Kier alpha value is -3.76. The third-order valence-electron chi connectivity index (χ3n) is 4.93. The summed E-state index contributed by atoms with van der Waals surface area (Å²) in [6.07, 6.45) is 2.02. The largest absolute Gasteiger partial charge is 0.459 e. The molecule has 0 fully saturated rings. The number of hydrogen-bond donors (Lipinski definition) is 2. The van der Waals surface area contributed by atoms with E-state index in [1.165, 1.54) is 24.4 Å². The zero-order valence-electron chi connectivity index (χ0n) is 22.1. The molecule has 0 aliphatic rings. The topological polar surface area (TPSA) is 145 Å². The molecule has 0 bridgehead atoms. The predicted octanol–water partition coefficient (Wildman–Crippen LogP) is 3.90. The standard InChI is InChI=1S/C25H35N5O6/c1-9-15(2)27-22(32)17-10-16(11-18(12-17)30(34)35)19-13-26-21(28-24(3,4)5)23(33)29(19)14-20(31)36-25(6,7)8/h10-13,15H,9,14H2,1-8H3,(H,26,28)(H,27,32)/t15-/m1/s1. The van der Waals surface area contributed by atoms with Gasteiger partial charge in [0.1, 0.15) is 12.1 Å². The van der Waals surface area contributed by atoms with Crippen molar-refractivity contribution in [3.05, 3.63) is 50.4 Å². The molecule has 2 rings (SSSR count). The Morgan fingerprint density at radius 3 is 2.33 bits per heavy atom. The number of nitro benzene ring substituents is 1. The minimum atomic E-state index is -0.785. The van der Waals surface area contributed by atoms with Crippen molar-refractivity contribution in [1.82, 2.24) is 14.9 Å². The van der Waals surface area contributed by atoms with E-state index in [0.717, 1.165) is 4.57 Å². The van der Waals surface area contributed by atoms with E-state index in [2.05, 4.69) is 15.6 Å². The number of non-ortho nitro benzene ring substituents is 1. The Balaban J connectivity index is 2.72. The Bertz CT molecular complexity index is 1210. The second kappa shape index (κ2) is 10.9. The number of esters is 1. The first-order valence-corrected chi connectivity index (χ1v) is 11.7. The van der Waals surface area contributed by atoms with Gasteiger partial charge in [0.15, 0.2) is 5.82 Å². The van der Waals surface area contributed by atoms with Crippen LogP contribution in [0, 0.1) is 10.1 Å². The summed E-state index contributed by atoms with van der Waals surface area (Å²) in [7, 11) is 0.